The van der Waals surface area contributed by atoms with E-state index in [1.807, 2.05) is 12.4 Å². The molecule has 3 rings (SSSR count). The lowest BCUT2D eigenvalue weighted by Crippen LogP contribution is -2.37. The van der Waals surface area contributed by atoms with Crippen molar-refractivity contribution in [1.82, 2.24) is 10.3 Å². The van der Waals surface area contributed by atoms with Crippen LogP contribution in [0.5, 0.6) is 0 Å². The Morgan fingerprint density at radius 1 is 1.33 bits per heavy atom. The predicted octanol–water partition coefficient (Wildman–Crippen LogP) is 3.73. The zero-order valence-corrected chi connectivity index (χ0v) is 13.8. The molecule has 1 unspecified atom stereocenters. The van der Waals surface area contributed by atoms with Gasteiger partial charge >= 0.3 is 0 Å². The Kier molecular flexibility index (Phi) is 4.56. The van der Waals surface area contributed by atoms with E-state index in [9.17, 15) is 0 Å². The summed E-state index contributed by atoms with van der Waals surface area (Å²) >= 11 is 3.51. The van der Waals surface area contributed by atoms with Gasteiger partial charge in [0.2, 0.25) is 0 Å². The number of aromatic nitrogens is 1. The zero-order valence-electron chi connectivity index (χ0n) is 12.2. The van der Waals surface area contributed by atoms with Gasteiger partial charge in [-0.3, -0.25) is 4.98 Å². The van der Waals surface area contributed by atoms with Crippen molar-refractivity contribution in [2.24, 2.45) is 0 Å². The Morgan fingerprint density at radius 2 is 2.19 bits per heavy atom. The minimum atomic E-state index is 0.525. The molecule has 2 heterocycles. The number of hydrogen-bond acceptors (Lipinski definition) is 3. The molecule has 0 saturated heterocycles. The lowest BCUT2D eigenvalue weighted by atomic mass is 10.1. The van der Waals surface area contributed by atoms with Gasteiger partial charge in [0.05, 0.1) is 0 Å². The average Bonchev–Trinajstić information content (AvgIpc) is 2.67. The number of halogens is 1. The number of benzene rings is 1. The van der Waals surface area contributed by atoms with E-state index < -0.39 is 0 Å². The summed E-state index contributed by atoms with van der Waals surface area (Å²) in [5, 5.41) is 3.65. The first-order valence-electron chi connectivity index (χ1n) is 7.42. The van der Waals surface area contributed by atoms with Crippen LogP contribution < -0.4 is 10.2 Å². The molecule has 1 atom stereocenters. The summed E-state index contributed by atoms with van der Waals surface area (Å²) in [6, 6.07) is 11.3. The molecule has 110 valence electrons. The standard InChI is InChI=1S/C17H20BrN3/c1-2-16-12-21(11-13-7-15(18)10-19-8-13)17-6-4-3-5-14(17)9-20-16/h3-8,10,16,20H,2,9,11-12H2,1H3. The largest absolute Gasteiger partial charge is 0.365 e. The molecule has 3 nitrogen and oxygen atoms in total. The number of pyridine rings is 1. The van der Waals surface area contributed by atoms with E-state index in [2.05, 4.69) is 68.4 Å². The minimum absolute atomic E-state index is 0.525. The van der Waals surface area contributed by atoms with E-state index in [4.69, 9.17) is 0 Å². The maximum absolute atomic E-state index is 4.28. The Bertz CT molecular complexity index is 614. The number of nitrogens with one attached hydrogen (secondary N) is 1. The third kappa shape index (κ3) is 3.44. The predicted molar refractivity (Wildman–Crippen MR) is 90.3 cm³/mol. The molecule has 0 amide bonds. The third-order valence-corrected chi connectivity index (χ3v) is 4.42. The van der Waals surface area contributed by atoms with Crippen LogP contribution in [0.15, 0.2) is 47.2 Å². The molecular formula is C17H20BrN3. The fourth-order valence-corrected chi connectivity index (χ4v) is 3.25. The molecule has 1 aliphatic heterocycles. The second-order valence-electron chi connectivity index (χ2n) is 5.51. The number of anilines is 1. The van der Waals surface area contributed by atoms with Crippen LogP contribution in [0.3, 0.4) is 0 Å². The molecule has 1 N–H and O–H groups in total. The van der Waals surface area contributed by atoms with E-state index in [0.29, 0.717) is 6.04 Å². The van der Waals surface area contributed by atoms with Gasteiger partial charge in [-0.15, -0.1) is 0 Å². The molecule has 1 aromatic carbocycles. The van der Waals surface area contributed by atoms with Crippen LogP contribution in [0.4, 0.5) is 5.69 Å². The average molecular weight is 346 g/mol. The Hall–Kier alpha value is -1.39. The van der Waals surface area contributed by atoms with E-state index >= 15 is 0 Å². The van der Waals surface area contributed by atoms with Crippen LogP contribution in [-0.2, 0) is 13.1 Å². The number of fused-ring (bicyclic) bond motifs is 1. The van der Waals surface area contributed by atoms with Gasteiger partial charge in [-0.25, -0.2) is 0 Å². The smallest absolute Gasteiger partial charge is 0.0445 e. The van der Waals surface area contributed by atoms with Crippen molar-refractivity contribution in [3.05, 3.63) is 58.3 Å². The molecular weight excluding hydrogens is 326 g/mol. The van der Waals surface area contributed by atoms with Gasteiger partial charge in [0, 0.05) is 48.2 Å². The highest BCUT2D eigenvalue weighted by molar-refractivity contribution is 9.10. The maximum Gasteiger partial charge on any atom is 0.0445 e. The molecule has 1 aliphatic rings. The van der Waals surface area contributed by atoms with Gasteiger partial charge in [-0.1, -0.05) is 25.1 Å². The van der Waals surface area contributed by atoms with Crippen LogP contribution in [-0.4, -0.2) is 17.6 Å². The van der Waals surface area contributed by atoms with Crippen LogP contribution >= 0.6 is 15.9 Å². The Labute approximate surface area is 134 Å². The van der Waals surface area contributed by atoms with Crippen LogP contribution in [0, 0.1) is 0 Å². The van der Waals surface area contributed by atoms with E-state index in [1.54, 1.807) is 0 Å². The molecule has 0 spiro atoms. The van der Waals surface area contributed by atoms with Crippen molar-refractivity contribution in [2.75, 3.05) is 11.4 Å². The van der Waals surface area contributed by atoms with Gasteiger partial charge in [0.1, 0.15) is 0 Å². The SMILES string of the molecule is CCC1CN(Cc2cncc(Br)c2)c2ccccc2CN1. The lowest BCUT2D eigenvalue weighted by molar-refractivity contribution is 0.502. The maximum atomic E-state index is 4.28. The van der Waals surface area contributed by atoms with Gasteiger partial charge < -0.3 is 10.2 Å². The molecule has 4 heteroatoms. The fourth-order valence-electron chi connectivity index (χ4n) is 2.84. The van der Waals surface area contributed by atoms with Crippen LogP contribution in [0.25, 0.3) is 0 Å². The molecule has 2 aromatic rings. The fraction of sp³-hybridized carbons (Fsp3) is 0.353. The topological polar surface area (TPSA) is 28.2 Å². The summed E-state index contributed by atoms with van der Waals surface area (Å²) in [4.78, 5) is 6.74. The Balaban J connectivity index is 1.90. The van der Waals surface area contributed by atoms with Crippen molar-refractivity contribution >= 4 is 21.6 Å². The van der Waals surface area contributed by atoms with Gasteiger partial charge in [0.15, 0.2) is 0 Å². The first-order valence-corrected chi connectivity index (χ1v) is 8.21. The number of para-hydroxylation sites is 1. The van der Waals surface area contributed by atoms with Crippen molar-refractivity contribution in [2.45, 2.75) is 32.5 Å². The second kappa shape index (κ2) is 6.58. The normalized spacial score (nSPS) is 18.2. The van der Waals surface area contributed by atoms with Crippen molar-refractivity contribution in [3.8, 4) is 0 Å². The lowest BCUT2D eigenvalue weighted by Gasteiger charge is -2.27. The second-order valence-corrected chi connectivity index (χ2v) is 6.42. The van der Waals surface area contributed by atoms with E-state index in [1.165, 1.54) is 16.8 Å². The summed E-state index contributed by atoms with van der Waals surface area (Å²) in [6.45, 7) is 5.11. The first-order chi connectivity index (χ1) is 10.3. The molecule has 1 aromatic heterocycles. The minimum Gasteiger partial charge on any atom is -0.365 e. The quantitative estimate of drug-likeness (QED) is 0.918. The van der Waals surface area contributed by atoms with Crippen LogP contribution in [0.2, 0.25) is 0 Å². The number of hydrogen-bond donors (Lipinski definition) is 1. The first kappa shape index (κ1) is 14.5. The zero-order chi connectivity index (χ0) is 14.7. The molecule has 0 bridgehead atoms. The highest BCUT2D eigenvalue weighted by Crippen LogP contribution is 2.26. The van der Waals surface area contributed by atoms with Gasteiger partial charge in [-0.05, 0) is 45.6 Å². The monoisotopic (exact) mass is 345 g/mol. The summed E-state index contributed by atoms with van der Waals surface area (Å²) in [5.74, 6) is 0. The molecule has 0 radical (unpaired) electrons. The summed E-state index contributed by atoms with van der Waals surface area (Å²) < 4.78 is 1.04. The van der Waals surface area contributed by atoms with Crippen molar-refractivity contribution in [3.63, 3.8) is 0 Å². The molecule has 0 saturated carbocycles. The summed E-state index contributed by atoms with van der Waals surface area (Å²) in [7, 11) is 0. The van der Waals surface area contributed by atoms with Gasteiger partial charge in [0.25, 0.3) is 0 Å². The highest BCUT2D eigenvalue weighted by Gasteiger charge is 2.20. The number of rotatable bonds is 3. The van der Waals surface area contributed by atoms with Gasteiger partial charge in [-0.2, -0.15) is 0 Å². The van der Waals surface area contributed by atoms with Crippen molar-refractivity contribution in [1.29, 1.82) is 0 Å². The van der Waals surface area contributed by atoms with Crippen molar-refractivity contribution < 1.29 is 0 Å². The molecule has 21 heavy (non-hydrogen) atoms. The summed E-state index contributed by atoms with van der Waals surface area (Å²) in [5.41, 5.74) is 3.94. The van der Waals surface area contributed by atoms with Crippen LogP contribution in [0.1, 0.15) is 24.5 Å². The summed E-state index contributed by atoms with van der Waals surface area (Å²) in [6.07, 6.45) is 4.92. The van der Waals surface area contributed by atoms with E-state index in [0.717, 1.165) is 30.5 Å². The Morgan fingerprint density at radius 3 is 3.00 bits per heavy atom. The molecule has 0 aliphatic carbocycles. The highest BCUT2D eigenvalue weighted by atomic mass is 79.9. The third-order valence-electron chi connectivity index (χ3n) is 3.98. The number of nitrogens with zero attached hydrogens (tertiary/aromatic N) is 2. The van der Waals surface area contributed by atoms with E-state index in [-0.39, 0.29) is 0 Å². The molecule has 0 fully saturated rings.